The van der Waals surface area contributed by atoms with Crippen molar-refractivity contribution in [1.29, 1.82) is 0 Å². The number of nitrogens with zero attached hydrogens (tertiary/aromatic N) is 8. The van der Waals surface area contributed by atoms with Crippen LogP contribution in [0.5, 0.6) is 0 Å². The average Bonchev–Trinajstić information content (AvgIpc) is 4.34. The predicted octanol–water partition coefficient (Wildman–Crippen LogP) is 13.3. The summed E-state index contributed by atoms with van der Waals surface area (Å²) in [5, 5.41) is 4.18. The molecule has 0 fully saturated rings. The van der Waals surface area contributed by atoms with Gasteiger partial charge in [-0.3, -0.25) is 28.0 Å². The number of imidazole rings is 3. The van der Waals surface area contributed by atoms with Crippen molar-refractivity contribution in [3.63, 3.8) is 0 Å². The van der Waals surface area contributed by atoms with Gasteiger partial charge >= 0.3 is 30.8 Å². The number of amides is 1. The molecule has 1 amide bonds. The number of aromatic nitrogens is 8. The van der Waals surface area contributed by atoms with Crippen molar-refractivity contribution in [1.82, 2.24) is 43.4 Å². The van der Waals surface area contributed by atoms with E-state index in [0.717, 1.165) is 35.2 Å². The van der Waals surface area contributed by atoms with E-state index in [4.69, 9.17) is 32.5 Å². The van der Waals surface area contributed by atoms with Crippen LogP contribution in [0.15, 0.2) is 116 Å². The molecule has 27 heteroatoms. The number of halogens is 10. The Morgan fingerprint density at radius 1 is 0.622 bits per heavy atom. The molecule has 0 radical (unpaired) electrons. The molecule has 8 heterocycles. The largest absolute Gasteiger partial charge is 0.519 e. The van der Waals surface area contributed by atoms with E-state index in [9.17, 15) is 53.9 Å². The number of ether oxygens (including phenoxy) is 3. The van der Waals surface area contributed by atoms with Crippen molar-refractivity contribution in [2.24, 2.45) is 5.73 Å². The molecule has 0 saturated carbocycles. The lowest BCUT2D eigenvalue weighted by atomic mass is 10.0. The number of fused-ring (bicyclic) bond motifs is 4. The standard InChI is InChI=1S/C25H18ClF3N6O.C10H9F3N2.C10H18O5.C9H8F3N3.CH4/c26-18-9-17-7-14(1-3-20(17)32-12-18)8-19-10-16(5-6-31-19)23(36)33-11-15-2-4-21-22(30)34-24(25(27,28)29)35(21)13-15;1-2-7-3-4-8-5-14-9(10(11,12)13)15(8)6-7;1-9(2,3)14-7(11)13-8(12)15-10(4,5)6;10-9(11,12)8-14-4-7-2-1-6(3-13)5-15(7)8;/h1-7,9-10,12-13H,8,11,30H2,(H,33,36);3-6H,2H2,1H3;1-6H3;1-2,4-5H,3,13H2;1H4. The monoisotopic (exact) mass is 1170 g/mol. The van der Waals surface area contributed by atoms with Gasteiger partial charge in [0.1, 0.15) is 17.0 Å². The summed E-state index contributed by atoms with van der Waals surface area (Å²) < 4.78 is 131. The summed E-state index contributed by atoms with van der Waals surface area (Å²) in [7, 11) is 0. The summed E-state index contributed by atoms with van der Waals surface area (Å²) >= 11 is 6.04. The maximum Gasteiger partial charge on any atom is 0.519 e. The van der Waals surface area contributed by atoms with Crippen LogP contribution in [-0.4, -0.2) is 67.5 Å². The minimum absolute atomic E-state index is 0. The Bertz CT molecular complexity index is 3580. The van der Waals surface area contributed by atoms with Gasteiger partial charge in [-0.2, -0.15) is 39.5 Å². The third-order valence-electron chi connectivity index (χ3n) is 10.9. The van der Waals surface area contributed by atoms with Gasteiger partial charge in [-0.25, -0.2) is 24.5 Å². The van der Waals surface area contributed by atoms with Gasteiger partial charge in [0.05, 0.1) is 39.5 Å². The number of nitrogens with one attached hydrogen (secondary N) is 1. The lowest BCUT2D eigenvalue weighted by Crippen LogP contribution is -2.29. The number of hydrogen-bond acceptors (Lipinski definition) is 13. The Morgan fingerprint density at radius 3 is 1.68 bits per heavy atom. The van der Waals surface area contributed by atoms with Gasteiger partial charge in [0, 0.05) is 67.1 Å². The first kappa shape index (κ1) is 64.3. The van der Waals surface area contributed by atoms with Gasteiger partial charge in [-0.1, -0.05) is 50.2 Å². The number of alkyl halides is 9. The van der Waals surface area contributed by atoms with Crippen LogP contribution in [0.1, 0.15) is 112 Å². The van der Waals surface area contributed by atoms with Crippen LogP contribution in [0.2, 0.25) is 5.02 Å². The molecule has 5 N–H and O–H groups in total. The summed E-state index contributed by atoms with van der Waals surface area (Å²) in [4.78, 5) is 53.5. The molecule has 82 heavy (non-hydrogen) atoms. The Hall–Kier alpha value is -8.52. The number of carbonyl (C=O) groups excluding carboxylic acids is 3. The predicted molar refractivity (Wildman–Crippen MR) is 288 cm³/mol. The molecule has 0 unspecified atom stereocenters. The number of benzene rings is 1. The van der Waals surface area contributed by atoms with Crippen LogP contribution >= 0.6 is 11.6 Å². The van der Waals surface area contributed by atoms with E-state index in [2.05, 4.69) is 35.0 Å². The molecule has 0 aliphatic rings. The van der Waals surface area contributed by atoms with Crippen molar-refractivity contribution in [3.8, 4) is 0 Å². The Labute approximate surface area is 468 Å². The number of anilines is 1. The first-order valence-corrected chi connectivity index (χ1v) is 24.6. The van der Waals surface area contributed by atoms with Crippen molar-refractivity contribution < 1.29 is 68.1 Å². The molecule has 8 aromatic heterocycles. The Kier molecular flexibility index (Phi) is 20.3. The highest BCUT2D eigenvalue weighted by molar-refractivity contribution is 6.31. The highest BCUT2D eigenvalue weighted by atomic mass is 35.5. The first-order chi connectivity index (χ1) is 37.7. The summed E-state index contributed by atoms with van der Waals surface area (Å²) in [6.45, 7) is 12.1. The van der Waals surface area contributed by atoms with Crippen LogP contribution in [0.4, 0.5) is 54.9 Å². The Balaban J connectivity index is 0.000000223. The van der Waals surface area contributed by atoms with E-state index in [1.54, 1.807) is 96.4 Å². The third kappa shape index (κ3) is 17.7. The van der Waals surface area contributed by atoms with Crippen LogP contribution in [0, 0.1) is 0 Å². The summed E-state index contributed by atoms with van der Waals surface area (Å²) in [5.41, 5.74) is 15.4. The molecule has 0 bridgehead atoms. The third-order valence-corrected chi connectivity index (χ3v) is 11.1. The van der Waals surface area contributed by atoms with E-state index < -0.39 is 59.5 Å². The second-order valence-electron chi connectivity index (χ2n) is 19.6. The van der Waals surface area contributed by atoms with E-state index in [0.29, 0.717) is 51.3 Å². The van der Waals surface area contributed by atoms with Gasteiger partial charge in [0.15, 0.2) is 0 Å². The normalized spacial score (nSPS) is 11.8. The molecule has 438 valence electrons. The quantitative estimate of drug-likeness (QED) is 0.0769. The van der Waals surface area contributed by atoms with Crippen molar-refractivity contribution in [3.05, 3.63) is 172 Å². The number of nitrogen functional groups attached to an aromatic ring is 1. The zero-order valence-electron chi connectivity index (χ0n) is 44.3. The van der Waals surface area contributed by atoms with Crippen LogP contribution < -0.4 is 16.8 Å². The number of aryl methyl sites for hydroxylation is 1. The SMILES string of the molecule is C.CC(C)(C)OC(=O)OC(=O)OC(C)(C)C.CCc1ccc2cnc(C(F)(F)F)n2c1.NCc1ccc2cnc(C(F)(F)F)n2c1.Nc1nc(C(F)(F)F)n2cc(CNC(=O)c3ccnc(Cc4ccc5ncc(Cl)cc5c4)c3)ccc12. The number of nitrogens with two attached hydrogens (primary N) is 2. The van der Waals surface area contributed by atoms with Crippen LogP contribution in [0.25, 0.3) is 27.5 Å². The first-order valence-electron chi connectivity index (χ1n) is 24.2. The molecule has 9 aromatic rings. The summed E-state index contributed by atoms with van der Waals surface area (Å²) in [6.07, 6.45) is -4.81. The maximum atomic E-state index is 13.3. The number of pyridine rings is 5. The fourth-order valence-electron chi connectivity index (χ4n) is 7.36. The molecule has 1 aromatic carbocycles. The highest BCUT2D eigenvalue weighted by Gasteiger charge is 2.38. The second-order valence-corrected chi connectivity index (χ2v) is 20.0. The minimum Gasteiger partial charge on any atom is -0.428 e. The van der Waals surface area contributed by atoms with E-state index >= 15 is 0 Å². The average molecular weight is 1170 g/mol. The number of rotatable bonds is 7. The molecule has 0 saturated heterocycles. The van der Waals surface area contributed by atoms with Gasteiger partial charge < -0.3 is 31.0 Å². The highest BCUT2D eigenvalue weighted by Crippen LogP contribution is 2.33. The second kappa shape index (κ2) is 25.9. The smallest absolute Gasteiger partial charge is 0.428 e. The lowest BCUT2D eigenvalue weighted by molar-refractivity contribution is -0.146. The van der Waals surface area contributed by atoms with Crippen LogP contribution in [0.3, 0.4) is 0 Å². The zero-order valence-corrected chi connectivity index (χ0v) is 45.0. The fraction of sp³-hybridized carbons (Fsp3) is 0.309. The van der Waals surface area contributed by atoms with E-state index in [-0.39, 0.29) is 37.8 Å². The molecular formula is C55H57ClF9N11O6. The van der Waals surface area contributed by atoms with Crippen molar-refractivity contribution in [2.75, 3.05) is 5.73 Å². The molecule has 0 aliphatic heterocycles. The lowest BCUT2D eigenvalue weighted by Gasteiger charge is -2.20. The topological polar surface area (TPSA) is 221 Å². The van der Waals surface area contributed by atoms with Gasteiger partial charge in [-0.15, -0.1) is 0 Å². The molecule has 0 spiro atoms. The minimum atomic E-state index is -4.66. The van der Waals surface area contributed by atoms with Gasteiger partial charge in [0.2, 0.25) is 17.5 Å². The van der Waals surface area contributed by atoms with Crippen molar-refractivity contribution in [2.45, 2.75) is 112 Å². The molecule has 9 rings (SSSR count). The summed E-state index contributed by atoms with van der Waals surface area (Å²) in [5.74, 6) is -3.50. The van der Waals surface area contributed by atoms with Gasteiger partial charge in [0.25, 0.3) is 5.91 Å². The maximum absolute atomic E-state index is 13.3. The number of hydrogen-bond donors (Lipinski definition) is 3. The van der Waals surface area contributed by atoms with Crippen molar-refractivity contribution >= 4 is 63.1 Å². The summed E-state index contributed by atoms with van der Waals surface area (Å²) in [6, 6.07) is 20.6. The van der Waals surface area contributed by atoms with E-state index in [1.807, 2.05) is 31.2 Å². The van der Waals surface area contributed by atoms with Gasteiger partial charge in [-0.05, 0) is 119 Å². The fourth-order valence-corrected chi connectivity index (χ4v) is 7.53. The molecule has 0 aliphatic carbocycles. The molecule has 17 nitrogen and oxygen atoms in total. The molecular weight excluding hydrogens is 1120 g/mol. The molecule has 0 atom stereocenters. The van der Waals surface area contributed by atoms with E-state index in [1.165, 1.54) is 37.1 Å². The Morgan fingerprint density at radius 2 is 1.15 bits per heavy atom. The zero-order chi connectivity index (χ0) is 59.8. The van der Waals surface area contributed by atoms with Crippen LogP contribution in [-0.2, 0) is 58.7 Å². The number of carbonyl (C=O) groups is 3.